The molecule has 0 bridgehead atoms. The number of halogens is 1. The van der Waals surface area contributed by atoms with Gasteiger partial charge in [-0.15, -0.1) is 0 Å². The van der Waals surface area contributed by atoms with E-state index in [0.29, 0.717) is 17.9 Å². The fraction of sp³-hybridized carbons (Fsp3) is 0.409. The van der Waals surface area contributed by atoms with Crippen molar-refractivity contribution in [3.8, 4) is 5.75 Å². The molecule has 0 unspecified atom stereocenters. The summed E-state index contributed by atoms with van der Waals surface area (Å²) in [7, 11) is 1.67. The fourth-order valence-electron chi connectivity index (χ4n) is 3.15. The van der Waals surface area contributed by atoms with Crippen LogP contribution < -0.4 is 10.1 Å². The molecule has 1 amide bonds. The first-order valence-corrected chi connectivity index (χ1v) is 9.04. The normalized spacial score (nSPS) is 12.1. The van der Waals surface area contributed by atoms with Crippen molar-refractivity contribution in [3.05, 3.63) is 64.5 Å². The zero-order valence-corrected chi connectivity index (χ0v) is 16.2. The summed E-state index contributed by atoms with van der Waals surface area (Å²) in [5.41, 5.74) is 3.85. The summed E-state index contributed by atoms with van der Waals surface area (Å²) >= 11 is 0. The van der Waals surface area contributed by atoms with Crippen LogP contribution in [0, 0.1) is 12.7 Å². The van der Waals surface area contributed by atoms with E-state index in [1.165, 1.54) is 6.07 Å². The van der Waals surface area contributed by atoms with E-state index >= 15 is 0 Å². The molecule has 0 heterocycles. The molecule has 0 aromatic heterocycles. The molecule has 2 aromatic rings. The second-order valence-corrected chi connectivity index (χ2v) is 6.99. The molecular formula is C22H28FNO2. The van der Waals surface area contributed by atoms with E-state index < -0.39 is 0 Å². The molecule has 0 fully saturated rings. The van der Waals surface area contributed by atoms with Crippen LogP contribution in [0.3, 0.4) is 0 Å². The van der Waals surface area contributed by atoms with Gasteiger partial charge in [0.05, 0.1) is 13.2 Å². The second kappa shape index (κ2) is 8.84. The van der Waals surface area contributed by atoms with Crippen molar-refractivity contribution < 1.29 is 13.9 Å². The lowest BCUT2D eigenvalue weighted by Gasteiger charge is -2.21. The number of aryl methyl sites for hydroxylation is 2. The van der Waals surface area contributed by atoms with E-state index in [2.05, 4.69) is 25.2 Å². The van der Waals surface area contributed by atoms with Gasteiger partial charge in [0.1, 0.15) is 11.6 Å². The van der Waals surface area contributed by atoms with Crippen LogP contribution in [0.1, 0.15) is 61.4 Å². The average molecular weight is 357 g/mol. The molecule has 0 aliphatic heterocycles. The van der Waals surface area contributed by atoms with Crippen molar-refractivity contribution in [3.63, 3.8) is 0 Å². The van der Waals surface area contributed by atoms with Crippen molar-refractivity contribution in [2.45, 2.75) is 52.5 Å². The van der Waals surface area contributed by atoms with Gasteiger partial charge in [0.2, 0.25) is 5.91 Å². The Kier molecular flexibility index (Phi) is 6.78. The van der Waals surface area contributed by atoms with Gasteiger partial charge in [0, 0.05) is 6.42 Å². The molecule has 2 aromatic carbocycles. The molecule has 0 aliphatic carbocycles. The number of methoxy groups -OCH3 is 1. The van der Waals surface area contributed by atoms with Gasteiger partial charge >= 0.3 is 0 Å². The molecule has 1 N–H and O–H groups in total. The van der Waals surface area contributed by atoms with E-state index in [-0.39, 0.29) is 24.2 Å². The Hall–Kier alpha value is -2.36. The Morgan fingerprint density at radius 1 is 1.15 bits per heavy atom. The van der Waals surface area contributed by atoms with Crippen molar-refractivity contribution in [1.29, 1.82) is 0 Å². The molecule has 0 saturated heterocycles. The van der Waals surface area contributed by atoms with Crippen molar-refractivity contribution in [1.82, 2.24) is 5.32 Å². The van der Waals surface area contributed by atoms with Crippen LogP contribution in [0.5, 0.6) is 5.75 Å². The third-order valence-electron chi connectivity index (χ3n) is 4.66. The van der Waals surface area contributed by atoms with Crippen molar-refractivity contribution >= 4 is 5.91 Å². The average Bonchev–Trinajstić information content (AvgIpc) is 2.60. The highest BCUT2D eigenvalue weighted by Gasteiger charge is 2.17. The summed E-state index contributed by atoms with van der Waals surface area (Å²) in [6, 6.07) is 10.6. The molecule has 0 radical (unpaired) electrons. The zero-order valence-electron chi connectivity index (χ0n) is 16.2. The summed E-state index contributed by atoms with van der Waals surface area (Å²) in [6.45, 7) is 8.23. The number of carbonyl (C=O) groups excluding carboxylic acids is 1. The Morgan fingerprint density at radius 3 is 2.46 bits per heavy atom. The molecule has 140 valence electrons. The van der Waals surface area contributed by atoms with Gasteiger partial charge in [-0.25, -0.2) is 4.39 Å². The third-order valence-corrected chi connectivity index (χ3v) is 4.66. The monoisotopic (exact) mass is 357 g/mol. The number of rotatable bonds is 7. The van der Waals surface area contributed by atoms with Gasteiger partial charge < -0.3 is 10.1 Å². The molecule has 0 aliphatic rings. The summed E-state index contributed by atoms with van der Waals surface area (Å²) < 4.78 is 19.1. The lowest BCUT2D eigenvalue weighted by molar-refractivity contribution is -0.121. The van der Waals surface area contributed by atoms with Crippen LogP contribution in [0.25, 0.3) is 0 Å². The zero-order chi connectivity index (χ0) is 19.3. The van der Waals surface area contributed by atoms with E-state index in [1.807, 2.05) is 19.9 Å². The van der Waals surface area contributed by atoms with Crippen LogP contribution in [0.2, 0.25) is 0 Å². The van der Waals surface area contributed by atoms with Gasteiger partial charge in [0.15, 0.2) is 0 Å². The quantitative estimate of drug-likeness (QED) is 0.751. The van der Waals surface area contributed by atoms with E-state index in [4.69, 9.17) is 4.74 Å². The Bertz CT molecular complexity index is 771. The Labute approximate surface area is 155 Å². The number of benzene rings is 2. The number of hydrogen-bond donors (Lipinski definition) is 1. The number of carbonyl (C=O) groups is 1. The predicted octanol–water partition coefficient (Wildman–Crippen LogP) is 5.08. The summed E-state index contributed by atoms with van der Waals surface area (Å²) in [5, 5.41) is 3.03. The maximum atomic E-state index is 13.7. The summed E-state index contributed by atoms with van der Waals surface area (Å²) in [4.78, 5) is 12.3. The number of nitrogens with one attached hydrogen (secondary N) is 1. The molecular weight excluding hydrogens is 329 g/mol. The first-order chi connectivity index (χ1) is 12.3. The van der Waals surface area contributed by atoms with Crippen LogP contribution >= 0.6 is 0 Å². The second-order valence-electron chi connectivity index (χ2n) is 6.99. The fourth-order valence-corrected chi connectivity index (χ4v) is 3.15. The predicted molar refractivity (Wildman–Crippen MR) is 103 cm³/mol. The summed E-state index contributed by atoms with van der Waals surface area (Å²) in [5.74, 6) is 0.857. The van der Waals surface area contributed by atoms with E-state index in [9.17, 15) is 9.18 Å². The van der Waals surface area contributed by atoms with Crippen LogP contribution in [0.15, 0.2) is 36.4 Å². The van der Waals surface area contributed by atoms with Gasteiger partial charge in [0.25, 0.3) is 0 Å². The highest BCUT2D eigenvalue weighted by Crippen LogP contribution is 2.32. The maximum Gasteiger partial charge on any atom is 0.220 e. The van der Waals surface area contributed by atoms with Crippen molar-refractivity contribution in [2.75, 3.05) is 7.11 Å². The highest BCUT2D eigenvalue weighted by molar-refractivity contribution is 5.76. The molecule has 2 rings (SSSR count). The maximum absolute atomic E-state index is 13.7. The first-order valence-electron chi connectivity index (χ1n) is 9.04. The molecule has 26 heavy (non-hydrogen) atoms. The number of amides is 1. The molecule has 1 atom stereocenters. The standard InChI is InChI=1S/C22H28FNO2/c1-14(2)18-13-19(15(3)12-21(18)26-5)16(4)24-22(25)11-10-17-8-6-7-9-20(17)23/h6-9,12-14,16H,10-11H2,1-5H3,(H,24,25)/t16-/m1/s1. The molecule has 3 nitrogen and oxygen atoms in total. The summed E-state index contributed by atoms with van der Waals surface area (Å²) in [6.07, 6.45) is 0.654. The van der Waals surface area contributed by atoms with Gasteiger partial charge in [-0.2, -0.15) is 0 Å². The largest absolute Gasteiger partial charge is 0.496 e. The lowest BCUT2D eigenvalue weighted by Crippen LogP contribution is -2.27. The minimum absolute atomic E-state index is 0.0814. The van der Waals surface area contributed by atoms with E-state index in [1.54, 1.807) is 25.3 Å². The number of hydrogen-bond acceptors (Lipinski definition) is 2. The smallest absolute Gasteiger partial charge is 0.220 e. The number of ether oxygens (including phenoxy) is 1. The van der Waals surface area contributed by atoms with Gasteiger partial charge in [-0.05, 0) is 66.6 Å². The minimum Gasteiger partial charge on any atom is -0.496 e. The van der Waals surface area contributed by atoms with Crippen LogP contribution in [0.4, 0.5) is 4.39 Å². The third kappa shape index (κ3) is 4.84. The first kappa shape index (κ1) is 20.0. The van der Waals surface area contributed by atoms with Gasteiger partial charge in [-0.3, -0.25) is 4.79 Å². The molecule has 0 spiro atoms. The highest BCUT2D eigenvalue weighted by atomic mass is 19.1. The molecule has 0 saturated carbocycles. The molecule has 4 heteroatoms. The topological polar surface area (TPSA) is 38.3 Å². The van der Waals surface area contributed by atoms with Crippen LogP contribution in [-0.4, -0.2) is 13.0 Å². The Balaban J connectivity index is 2.07. The Morgan fingerprint density at radius 2 is 1.85 bits per heavy atom. The minimum atomic E-state index is -0.263. The van der Waals surface area contributed by atoms with E-state index in [0.717, 1.165) is 22.4 Å². The SMILES string of the molecule is COc1cc(C)c([C@@H](C)NC(=O)CCc2ccccc2F)cc1C(C)C. The van der Waals surface area contributed by atoms with Crippen molar-refractivity contribution in [2.24, 2.45) is 0 Å². The van der Waals surface area contributed by atoms with Gasteiger partial charge in [-0.1, -0.05) is 32.0 Å². The van der Waals surface area contributed by atoms with Crippen LogP contribution in [-0.2, 0) is 11.2 Å². The lowest BCUT2D eigenvalue weighted by atomic mass is 9.93.